The summed E-state index contributed by atoms with van der Waals surface area (Å²) in [4.78, 5) is 16.1. The second-order valence-corrected chi connectivity index (χ2v) is 6.71. The van der Waals surface area contributed by atoms with E-state index >= 15 is 0 Å². The standard InChI is InChI=1S/C18H22F3N5O/c19-18(20,21)10-13-6-4-5-7-14(13)11-22-17(27)24-16-23-12-26(25-16)15-8-2-1-3-9-15/h4-7,12,15H,1-3,8-11H2,(H2,22,24,25,27). The maximum Gasteiger partial charge on any atom is 0.393 e. The maximum absolute atomic E-state index is 12.6. The molecular weight excluding hydrogens is 359 g/mol. The average molecular weight is 381 g/mol. The quantitative estimate of drug-likeness (QED) is 0.815. The molecule has 146 valence electrons. The Kier molecular flexibility index (Phi) is 5.98. The maximum atomic E-state index is 12.6. The second kappa shape index (κ2) is 8.41. The Balaban J connectivity index is 1.54. The third kappa shape index (κ3) is 5.70. The van der Waals surface area contributed by atoms with E-state index in [4.69, 9.17) is 0 Å². The van der Waals surface area contributed by atoms with Crippen molar-refractivity contribution in [1.29, 1.82) is 0 Å². The number of anilines is 1. The van der Waals surface area contributed by atoms with Crippen LogP contribution in [-0.4, -0.2) is 27.0 Å². The van der Waals surface area contributed by atoms with Crippen LogP contribution in [0.25, 0.3) is 0 Å². The van der Waals surface area contributed by atoms with E-state index in [0.717, 1.165) is 25.7 Å². The van der Waals surface area contributed by atoms with E-state index in [1.165, 1.54) is 12.5 Å². The summed E-state index contributed by atoms with van der Waals surface area (Å²) in [5.74, 6) is 0.182. The molecule has 1 aromatic heterocycles. The first-order chi connectivity index (χ1) is 12.9. The minimum Gasteiger partial charge on any atom is -0.334 e. The molecule has 3 rings (SSSR count). The molecule has 0 spiro atoms. The lowest BCUT2D eigenvalue weighted by molar-refractivity contribution is -0.127. The number of rotatable bonds is 5. The average Bonchev–Trinajstić information content (AvgIpc) is 3.09. The number of carbonyl (C=O) groups is 1. The third-order valence-corrected chi connectivity index (χ3v) is 4.63. The number of carbonyl (C=O) groups excluding carboxylic acids is 1. The van der Waals surface area contributed by atoms with E-state index in [-0.39, 0.29) is 18.1 Å². The van der Waals surface area contributed by atoms with Crippen molar-refractivity contribution >= 4 is 12.0 Å². The summed E-state index contributed by atoms with van der Waals surface area (Å²) >= 11 is 0. The summed E-state index contributed by atoms with van der Waals surface area (Å²) in [7, 11) is 0. The molecular formula is C18H22F3N5O. The number of alkyl halides is 3. The number of hydrogen-bond acceptors (Lipinski definition) is 3. The number of urea groups is 1. The van der Waals surface area contributed by atoms with Gasteiger partial charge in [-0.25, -0.2) is 14.5 Å². The molecule has 2 amide bonds. The van der Waals surface area contributed by atoms with Crippen LogP contribution >= 0.6 is 0 Å². The minimum atomic E-state index is -4.30. The molecule has 0 unspecified atom stereocenters. The third-order valence-electron chi connectivity index (χ3n) is 4.63. The van der Waals surface area contributed by atoms with E-state index < -0.39 is 18.6 Å². The lowest BCUT2D eigenvalue weighted by atomic mass is 9.96. The summed E-state index contributed by atoms with van der Waals surface area (Å²) < 4.78 is 39.7. The van der Waals surface area contributed by atoms with Gasteiger partial charge in [-0.1, -0.05) is 43.5 Å². The van der Waals surface area contributed by atoms with E-state index in [1.807, 2.05) is 0 Å². The first kappa shape index (κ1) is 19.2. The van der Waals surface area contributed by atoms with Crippen molar-refractivity contribution in [3.63, 3.8) is 0 Å². The second-order valence-electron chi connectivity index (χ2n) is 6.71. The fourth-order valence-corrected chi connectivity index (χ4v) is 3.29. The van der Waals surface area contributed by atoms with Gasteiger partial charge in [0, 0.05) is 6.54 Å². The Bertz CT molecular complexity index is 768. The molecule has 1 aliphatic rings. The lowest BCUT2D eigenvalue weighted by Gasteiger charge is -2.21. The highest BCUT2D eigenvalue weighted by atomic mass is 19.4. The fourth-order valence-electron chi connectivity index (χ4n) is 3.29. The van der Waals surface area contributed by atoms with Gasteiger partial charge in [-0.15, -0.1) is 5.10 Å². The minimum absolute atomic E-state index is 0.0125. The Morgan fingerprint density at radius 3 is 2.56 bits per heavy atom. The molecule has 1 aliphatic carbocycles. The molecule has 0 radical (unpaired) electrons. The highest BCUT2D eigenvalue weighted by Crippen LogP contribution is 2.27. The van der Waals surface area contributed by atoms with Gasteiger partial charge in [-0.3, -0.25) is 5.32 Å². The molecule has 1 aromatic carbocycles. The summed E-state index contributed by atoms with van der Waals surface area (Å²) in [6, 6.07) is 5.92. The van der Waals surface area contributed by atoms with E-state index in [2.05, 4.69) is 20.7 Å². The first-order valence-electron chi connectivity index (χ1n) is 9.00. The summed E-state index contributed by atoms with van der Waals surface area (Å²) in [5, 5.41) is 9.36. The van der Waals surface area contributed by atoms with Gasteiger partial charge in [0.05, 0.1) is 12.5 Å². The highest BCUT2D eigenvalue weighted by Gasteiger charge is 2.28. The molecule has 0 bridgehead atoms. The van der Waals surface area contributed by atoms with Crippen molar-refractivity contribution in [3.8, 4) is 0 Å². The monoisotopic (exact) mass is 381 g/mol. The van der Waals surface area contributed by atoms with Crippen molar-refractivity contribution in [3.05, 3.63) is 41.7 Å². The van der Waals surface area contributed by atoms with Crippen molar-refractivity contribution in [2.45, 2.75) is 57.3 Å². The molecule has 1 heterocycles. The Labute approximate surface area is 155 Å². The molecule has 1 saturated carbocycles. The summed E-state index contributed by atoms with van der Waals surface area (Å²) in [6.45, 7) is -0.0125. The van der Waals surface area contributed by atoms with Gasteiger partial charge in [-0.05, 0) is 24.0 Å². The molecule has 2 N–H and O–H groups in total. The molecule has 0 saturated heterocycles. The largest absolute Gasteiger partial charge is 0.393 e. The number of aromatic nitrogens is 3. The SMILES string of the molecule is O=C(NCc1ccccc1CC(F)(F)F)Nc1ncn(C2CCCCC2)n1. The van der Waals surface area contributed by atoms with Crippen molar-refractivity contribution < 1.29 is 18.0 Å². The van der Waals surface area contributed by atoms with Gasteiger partial charge < -0.3 is 5.32 Å². The van der Waals surface area contributed by atoms with Gasteiger partial charge in [0.2, 0.25) is 5.95 Å². The number of halogens is 3. The fraction of sp³-hybridized carbons (Fsp3) is 0.500. The van der Waals surface area contributed by atoms with Crippen LogP contribution in [0.4, 0.5) is 23.9 Å². The van der Waals surface area contributed by atoms with Crippen LogP contribution in [0.15, 0.2) is 30.6 Å². The van der Waals surface area contributed by atoms with Crippen molar-refractivity contribution in [2.75, 3.05) is 5.32 Å². The predicted molar refractivity (Wildman–Crippen MR) is 94.2 cm³/mol. The van der Waals surface area contributed by atoms with Crippen molar-refractivity contribution in [2.24, 2.45) is 0 Å². The van der Waals surface area contributed by atoms with Crippen LogP contribution in [0.2, 0.25) is 0 Å². The zero-order chi connectivity index (χ0) is 19.3. The van der Waals surface area contributed by atoms with E-state index in [9.17, 15) is 18.0 Å². The van der Waals surface area contributed by atoms with Crippen LogP contribution in [0.1, 0.15) is 49.3 Å². The first-order valence-corrected chi connectivity index (χ1v) is 9.00. The number of nitrogens with zero attached hydrogens (tertiary/aromatic N) is 3. The molecule has 0 aliphatic heterocycles. The zero-order valence-corrected chi connectivity index (χ0v) is 14.8. The van der Waals surface area contributed by atoms with E-state index in [1.54, 1.807) is 29.2 Å². The lowest BCUT2D eigenvalue weighted by Crippen LogP contribution is -2.29. The Morgan fingerprint density at radius 2 is 1.85 bits per heavy atom. The van der Waals surface area contributed by atoms with Gasteiger partial charge in [0.25, 0.3) is 0 Å². The normalized spacial score (nSPS) is 15.5. The Morgan fingerprint density at radius 1 is 1.15 bits per heavy atom. The molecule has 2 aromatic rings. The van der Waals surface area contributed by atoms with Gasteiger partial charge >= 0.3 is 12.2 Å². The smallest absolute Gasteiger partial charge is 0.334 e. The van der Waals surface area contributed by atoms with Crippen LogP contribution in [-0.2, 0) is 13.0 Å². The van der Waals surface area contributed by atoms with Crippen molar-refractivity contribution in [1.82, 2.24) is 20.1 Å². The van der Waals surface area contributed by atoms with Crippen LogP contribution in [0.3, 0.4) is 0 Å². The number of hydrogen-bond donors (Lipinski definition) is 2. The Hall–Kier alpha value is -2.58. The highest BCUT2D eigenvalue weighted by molar-refractivity contribution is 5.87. The van der Waals surface area contributed by atoms with Crippen LogP contribution in [0.5, 0.6) is 0 Å². The summed E-state index contributed by atoms with van der Waals surface area (Å²) in [6.07, 6.45) is 1.92. The molecule has 9 heteroatoms. The number of amides is 2. The van der Waals surface area contributed by atoms with Crippen LogP contribution in [0, 0.1) is 0 Å². The molecule has 6 nitrogen and oxygen atoms in total. The predicted octanol–water partition coefficient (Wildman–Crippen LogP) is 4.21. The van der Waals surface area contributed by atoms with Gasteiger partial charge in [0.15, 0.2) is 0 Å². The molecule has 27 heavy (non-hydrogen) atoms. The molecule has 0 atom stereocenters. The van der Waals surface area contributed by atoms with E-state index in [0.29, 0.717) is 11.6 Å². The zero-order valence-electron chi connectivity index (χ0n) is 14.8. The topological polar surface area (TPSA) is 71.8 Å². The van der Waals surface area contributed by atoms with Gasteiger partial charge in [0.1, 0.15) is 6.33 Å². The summed E-state index contributed by atoms with van der Waals surface area (Å²) in [5.41, 5.74) is 0.565. The van der Waals surface area contributed by atoms with Crippen LogP contribution < -0.4 is 10.6 Å². The molecule has 1 fully saturated rings. The number of benzene rings is 1. The number of nitrogens with one attached hydrogen (secondary N) is 2. The van der Waals surface area contributed by atoms with Gasteiger partial charge in [-0.2, -0.15) is 13.2 Å².